The second-order valence-corrected chi connectivity index (χ2v) is 7.39. The Bertz CT molecular complexity index is 1060. The van der Waals surface area contributed by atoms with Gasteiger partial charge >= 0.3 is 0 Å². The molecule has 0 unspecified atom stereocenters. The van der Waals surface area contributed by atoms with Gasteiger partial charge in [0, 0.05) is 50.7 Å². The summed E-state index contributed by atoms with van der Waals surface area (Å²) in [5.74, 6) is -20.1. The molecule has 0 amide bonds. The second kappa shape index (κ2) is 11.0. The van der Waals surface area contributed by atoms with Crippen LogP contribution in [0.3, 0.4) is 0 Å². The molecular weight excluding hydrogens is 468 g/mol. The van der Waals surface area contributed by atoms with Crippen molar-refractivity contribution in [2.24, 2.45) is 0 Å². The summed E-state index contributed by atoms with van der Waals surface area (Å²) in [5, 5.41) is 0. The zero-order chi connectivity index (χ0) is 25.7. The van der Waals surface area contributed by atoms with Crippen LogP contribution in [0, 0.1) is 0 Å². The Morgan fingerprint density at radius 1 is 0.412 bits per heavy atom. The van der Waals surface area contributed by atoms with Crippen LogP contribution < -0.4 is 9.80 Å². The van der Waals surface area contributed by atoms with Crippen molar-refractivity contribution in [3.63, 3.8) is 0 Å². The quantitative estimate of drug-likeness (QED) is 0.288. The molecule has 2 aromatic carbocycles. The Labute approximate surface area is 191 Å². The number of hydrogen-bond acceptors (Lipinski definition) is 2. The lowest BCUT2D eigenvalue weighted by Gasteiger charge is -2.12. The zero-order valence-corrected chi connectivity index (χ0v) is 18.5. The standard InChI is InChI=1S/C24H20F8N2/c1-33(2)15-9-5-13(6-10-15)17(25)19(27)21(29)23(31)24(32)22(30)20(28)18(26)14-7-11-16(12-8-14)34(3)4/h5-12H,1-4H3/b19-17+,20-18+,23-21+,24-22+. The number of halogens is 8. The van der Waals surface area contributed by atoms with Gasteiger partial charge in [0.25, 0.3) is 0 Å². The molecule has 0 radical (unpaired) electrons. The van der Waals surface area contributed by atoms with Gasteiger partial charge in [-0.15, -0.1) is 0 Å². The Kier molecular flexibility index (Phi) is 8.67. The van der Waals surface area contributed by atoms with E-state index in [1.807, 2.05) is 0 Å². The molecular formula is C24H20F8N2. The normalized spacial score (nSPS) is 14.6. The molecule has 10 heteroatoms. The van der Waals surface area contributed by atoms with Crippen molar-refractivity contribution in [1.29, 1.82) is 0 Å². The molecule has 0 heterocycles. The first-order valence-electron chi connectivity index (χ1n) is 9.64. The molecule has 0 spiro atoms. The third-order valence-electron chi connectivity index (χ3n) is 4.62. The summed E-state index contributed by atoms with van der Waals surface area (Å²) >= 11 is 0. The summed E-state index contributed by atoms with van der Waals surface area (Å²) < 4.78 is 112. The van der Waals surface area contributed by atoms with E-state index in [2.05, 4.69) is 0 Å². The van der Waals surface area contributed by atoms with Crippen LogP contribution in [-0.2, 0) is 0 Å². The van der Waals surface area contributed by atoms with Crippen LogP contribution in [-0.4, -0.2) is 28.2 Å². The van der Waals surface area contributed by atoms with Gasteiger partial charge in [0.1, 0.15) is 0 Å². The molecule has 0 saturated carbocycles. The van der Waals surface area contributed by atoms with Crippen LogP contribution >= 0.6 is 0 Å². The molecule has 2 nitrogen and oxygen atoms in total. The number of benzene rings is 2. The predicted molar refractivity (Wildman–Crippen MR) is 118 cm³/mol. The fourth-order valence-electron chi connectivity index (χ4n) is 2.64. The highest BCUT2D eigenvalue weighted by Crippen LogP contribution is 2.37. The van der Waals surface area contributed by atoms with Crippen molar-refractivity contribution < 1.29 is 35.1 Å². The molecule has 0 fully saturated rings. The average Bonchev–Trinajstić information content (AvgIpc) is 2.85. The molecule has 0 aliphatic carbocycles. The highest BCUT2D eigenvalue weighted by Gasteiger charge is 2.27. The van der Waals surface area contributed by atoms with Gasteiger partial charge in [0.05, 0.1) is 0 Å². The molecule has 0 aliphatic heterocycles. The van der Waals surface area contributed by atoms with Gasteiger partial charge in [-0.05, 0) is 48.5 Å². The number of rotatable bonds is 7. The Balaban J connectivity index is 2.44. The third-order valence-corrected chi connectivity index (χ3v) is 4.62. The van der Waals surface area contributed by atoms with Crippen molar-refractivity contribution in [1.82, 2.24) is 0 Å². The molecule has 0 saturated heterocycles. The monoisotopic (exact) mass is 488 g/mol. The lowest BCUT2D eigenvalue weighted by Crippen LogP contribution is -2.08. The largest absolute Gasteiger partial charge is 0.378 e. The van der Waals surface area contributed by atoms with Gasteiger partial charge in [-0.1, -0.05) is 0 Å². The van der Waals surface area contributed by atoms with Gasteiger partial charge in [-0.2, -0.15) is 0 Å². The smallest absolute Gasteiger partial charge is 0.200 e. The minimum Gasteiger partial charge on any atom is -0.378 e. The summed E-state index contributed by atoms with van der Waals surface area (Å²) in [4.78, 5) is 3.26. The Morgan fingerprint density at radius 2 is 0.647 bits per heavy atom. The van der Waals surface area contributed by atoms with E-state index in [-0.39, 0.29) is 0 Å². The first-order valence-corrected chi connectivity index (χ1v) is 9.64. The third kappa shape index (κ3) is 5.86. The van der Waals surface area contributed by atoms with Crippen LogP contribution in [0.4, 0.5) is 46.5 Å². The van der Waals surface area contributed by atoms with Crippen LogP contribution in [0.1, 0.15) is 11.1 Å². The van der Waals surface area contributed by atoms with E-state index in [4.69, 9.17) is 0 Å². The molecule has 2 rings (SSSR count). The van der Waals surface area contributed by atoms with Crippen molar-refractivity contribution in [2.45, 2.75) is 0 Å². The van der Waals surface area contributed by atoms with E-state index in [1.54, 1.807) is 38.0 Å². The van der Waals surface area contributed by atoms with Gasteiger partial charge in [-0.25, -0.2) is 35.1 Å². The van der Waals surface area contributed by atoms with Crippen molar-refractivity contribution in [3.8, 4) is 0 Å². The van der Waals surface area contributed by atoms with Crippen molar-refractivity contribution in [2.75, 3.05) is 38.0 Å². The summed E-state index contributed by atoms with van der Waals surface area (Å²) in [6.07, 6.45) is 0. The van der Waals surface area contributed by atoms with E-state index in [9.17, 15) is 35.1 Å². The van der Waals surface area contributed by atoms with E-state index in [1.165, 1.54) is 24.3 Å². The molecule has 0 bridgehead atoms. The maximum atomic E-state index is 14.2. The molecule has 34 heavy (non-hydrogen) atoms. The van der Waals surface area contributed by atoms with Crippen LogP contribution in [0.2, 0.25) is 0 Å². The van der Waals surface area contributed by atoms with Gasteiger partial charge in [0.2, 0.25) is 23.3 Å². The predicted octanol–water partition coefficient (Wildman–Crippen LogP) is 8.04. The molecule has 182 valence electrons. The van der Waals surface area contributed by atoms with Crippen LogP contribution in [0.15, 0.2) is 83.5 Å². The Hall–Kier alpha value is -3.56. The second-order valence-electron chi connectivity index (χ2n) is 7.39. The highest BCUT2D eigenvalue weighted by molar-refractivity contribution is 5.68. The van der Waals surface area contributed by atoms with Gasteiger partial charge < -0.3 is 9.80 Å². The van der Waals surface area contributed by atoms with E-state index in [0.29, 0.717) is 11.4 Å². The minimum absolute atomic E-state index is 0.519. The molecule has 0 aromatic heterocycles. The van der Waals surface area contributed by atoms with Crippen molar-refractivity contribution in [3.05, 3.63) is 94.6 Å². The molecule has 0 aliphatic rings. The lowest BCUT2D eigenvalue weighted by molar-refractivity contribution is 0.436. The SMILES string of the molecule is CN(C)c1ccc(/C(F)=C(F)/C(F)=C(F)/C(F)=C(F)/C(F)=C(\F)c2ccc(N(C)C)cc2)cc1. The minimum atomic E-state index is -2.87. The van der Waals surface area contributed by atoms with E-state index in [0.717, 1.165) is 24.3 Å². The van der Waals surface area contributed by atoms with E-state index >= 15 is 0 Å². The van der Waals surface area contributed by atoms with Gasteiger partial charge in [0.15, 0.2) is 23.3 Å². The molecule has 2 aromatic rings. The number of nitrogens with zero attached hydrogens (tertiary/aromatic N) is 2. The summed E-state index contributed by atoms with van der Waals surface area (Å²) in [6, 6.07) is 9.54. The van der Waals surface area contributed by atoms with Crippen molar-refractivity contribution >= 4 is 23.0 Å². The maximum Gasteiger partial charge on any atom is 0.200 e. The number of hydrogen-bond donors (Lipinski definition) is 0. The summed E-state index contributed by atoms with van der Waals surface area (Å²) in [5.41, 5.74) is 0.120. The lowest BCUT2D eigenvalue weighted by atomic mass is 10.1. The maximum absolute atomic E-state index is 14.2. The van der Waals surface area contributed by atoms with Crippen LogP contribution in [0.5, 0.6) is 0 Å². The average molecular weight is 488 g/mol. The summed E-state index contributed by atoms with van der Waals surface area (Å²) in [7, 11) is 6.66. The fraction of sp³-hybridized carbons (Fsp3) is 0.167. The fourth-order valence-corrected chi connectivity index (χ4v) is 2.64. The topological polar surface area (TPSA) is 6.48 Å². The van der Waals surface area contributed by atoms with Crippen LogP contribution in [0.25, 0.3) is 11.7 Å². The Morgan fingerprint density at radius 3 is 0.882 bits per heavy atom. The molecule has 0 atom stereocenters. The molecule has 0 N–H and O–H groups in total. The van der Waals surface area contributed by atoms with Gasteiger partial charge in [-0.3, -0.25) is 0 Å². The summed E-state index contributed by atoms with van der Waals surface area (Å²) in [6.45, 7) is 0. The number of allylic oxidation sites excluding steroid dienone is 6. The highest BCUT2D eigenvalue weighted by atomic mass is 19.2. The number of anilines is 2. The zero-order valence-electron chi connectivity index (χ0n) is 18.5. The van der Waals surface area contributed by atoms with E-state index < -0.39 is 57.7 Å². The first-order chi connectivity index (χ1) is 15.9. The first kappa shape index (κ1) is 26.7.